The second kappa shape index (κ2) is 15.2. The number of amides is 1. The average molecular weight is 690 g/mol. The number of nitriles is 1. The first-order valence-electron chi connectivity index (χ1n) is 14.2. The molecule has 238 valence electrons. The van der Waals surface area contributed by atoms with E-state index in [1.165, 1.54) is 5.56 Å². The van der Waals surface area contributed by atoms with E-state index in [2.05, 4.69) is 77.4 Å². The molecule has 2 aromatic heterocycles. The number of carboxylic acid groups (broad SMARTS) is 1. The summed E-state index contributed by atoms with van der Waals surface area (Å²) >= 11 is 3.48. The second-order valence-corrected chi connectivity index (χ2v) is 11.6. The number of anilines is 1. The number of piperazine rings is 1. The molecule has 0 spiro atoms. The van der Waals surface area contributed by atoms with Gasteiger partial charge in [0.25, 0.3) is 5.91 Å². The molecule has 3 heterocycles. The molecule has 11 nitrogen and oxygen atoms in total. The molecule has 2 aliphatic rings. The van der Waals surface area contributed by atoms with Crippen LogP contribution >= 0.6 is 15.9 Å². The summed E-state index contributed by atoms with van der Waals surface area (Å²) in [7, 11) is 2.17. The maximum atomic E-state index is 13.2. The van der Waals surface area contributed by atoms with E-state index in [1.54, 1.807) is 23.5 Å². The number of aromatic nitrogens is 3. The summed E-state index contributed by atoms with van der Waals surface area (Å²) < 4.78 is 32.4. The lowest BCUT2D eigenvalue weighted by Gasteiger charge is -2.32. The number of hydrazine groups is 1. The topological polar surface area (TPSA) is 139 Å². The predicted molar refractivity (Wildman–Crippen MR) is 163 cm³/mol. The molecule has 45 heavy (non-hydrogen) atoms. The van der Waals surface area contributed by atoms with Gasteiger partial charge in [-0.2, -0.15) is 23.4 Å². The van der Waals surface area contributed by atoms with E-state index in [0.717, 1.165) is 69.7 Å². The van der Waals surface area contributed by atoms with Gasteiger partial charge in [0.2, 0.25) is 5.82 Å². The third-order valence-electron chi connectivity index (χ3n) is 7.49. The summed E-state index contributed by atoms with van der Waals surface area (Å²) in [4.78, 5) is 39.9. The minimum Gasteiger partial charge on any atom is -0.475 e. The molecule has 1 aromatic carbocycles. The van der Waals surface area contributed by atoms with Gasteiger partial charge in [0.1, 0.15) is 6.07 Å². The monoisotopic (exact) mass is 688 g/mol. The molecule has 1 aliphatic carbocycles. The lowest BCUT2D eigenvalue weighted by Crippen LogP contribution is -2.48. The molecule has 1 amide bonds. The maximum absolute atomic E-state index is 13.2. The third kappa shape index (κ3) is 9.43. The highest BCUT2D eigenvalue weighted by Gasteiger charge is 2.38. The number of halogens is 4. The standard InChI is InChI=1S/C28H31BrN8O.C2HF3O2/c1-35-12-14-36(15-13-35)19-20-6-8-21(9-7-20)25-11-10-22(17-31-25)28(38)34-37(23-4-2-3-5-23)27-24(29)18-32-26(16-30)33-27;3-2(4,5)1(6)7/h6-11,17-18,23H,2-5,12-15,19H2,1H3,(H,34,38);(H,6,7). The number of rotatable bonds is 7. The Labute approximate surface area is 266 Å². The van der Waals surface area contributed by atoms with Gasteiger partial charge in [0.05, 0.1) is 21.8 Å². The Morgan fingerprint density at radius 1 is 1.07 bits per heavy atom. The minimum absolute atomic E-state index is 0.0565. The van der Waals surface area contributed by atoms with Crippen LogP contribution in [0.2, 0.25) is 0 Å². The van der Waals surface area contributed by atoms with E-state index in [4.69, 9.17) is 9.90 Å². The summed E-state index contributed by atoms with van der Waals surface area (Å²) in [5.74, 6) is -2.49. The van der Waals surface area contributed by atoms with Crippen molar-refractivity contribution in [3.63, 3.8) is 0 Å². The van der Waals surface area contributed by atoms with Gasteiger partial charge in [0.15, 0.2) is 5.82 Å². The lowest BCUT2D eigenvalue weighted by molar-refractivity contribution is -0.192. The highest BCUT2D eigenvalue weighted by atomic mass is 79.9. The van der Waals surface area contributed by atoms with E-state index >= 15 is 0 Å². The molecular weight excluding hydrogens is 657 g/mol. The first kappa shape index (κ1) is 33.8. The van der Waals surface area contributed by atoms with Gasteiger partial charge < -0.3 is 10.0 Å². The number of benzene rings is 1. The molecule has 3 aromatic rings. The molecule has 5 rings (SSSR count). The van der Waals surface area contributed by atoms with E-state index in [-0.39, 0.29) is 17.8 Å². The summed E-state index contributed by atoms with van der Waals surface area (Å²) in [5.41, 5.74) is 6.58. The van der Waals surface area contributed by atoms with Crippen molar-refractivity contribution in [3.05, 3.63) is 70.2 Å². The number of pyridine rings is 1. The zero-order valence-electron chi connectivity index (χ0n) is 24.5. The van der Waals surface area contributed by atoms with Crippen molar-refractivity contribution in [2.45, 2.75) is 44.4 Å². The van der Waals surface area contributed by atoms with Crippen molar-refractivity contribution in [1.82, 2.24) is 30.2 Å². The van der Waals surface area contributed by atoms with Gasteiger partial charge in [-0.25, -0.2) is 9.78 Å². The van der Waals surface area contributed by atoms with Crippen molar-refractivity contribution in [1.29, 1.82) is 5.26 Å². The van der Waals surface area contributed by atoms with Gasteiger partial charge in [-0.3, -0.25) is 25.1 Å². The highest BCUT2D eigenvalue weighted by Crippen LogP contribution is 2.30. The van der Waals surface area contributed by atoms with Crippen LogP contribution in [0, 0.1) is 11.3 Å². The molecule has 0 unspecified atom stereocenters. The summed E-state index contributed by atoms with van der Waals surface area (Å²) in [6.07, 6.45) is 2.08. The van der Waals surface area contributed by atoms with Crippen LogP contribution < -0.4 is 10.4 Å². The number of nitrogens with zero attached hydrogens (tertiary/aromatic N) is 7. The van der Waals surface area contributed by atoms with Gasteiger partial charge in [-0.05, 0) is 53.5 Å². The van der Waals surface area contributed by atoms with E-state index < -0.39 is 12.1 Å². The molecule has 0 atom stereocenters. The fourth-order valence-corrected chi connectivity index (χ4v) is 5.36. The summed E-state index contributed by atoms with van der Waals surface area (Å²) in [6, 6.07) is 14.2. The zero-order valence-corrected chi connectivity index (χ0v) is 26.1. The number of aliphatic carboxylic acids is 1. The Morgan fingerprint density at radius 3 is 2.27 bits per heavy atom. The molecule has 1 saturated heterocycles. The van der Waals surface area contributed by atoms with Crippen molar-refractivity contribution >= 4 is 33.6 Å². The second-order valence-electron chi connectivity index (χ2n) is 10.7. The van der Waals surface area contributed by atoms with Gasteiger partial charge in [-0.15, -0.1) is 0 Å². The van der Waals surface area contributed by atoms with Crippen LogP contribution in [0.3, 0.4) is 0 Å². The minimum atomic E-state index is -5.08. The fraction of sp³-hybridized carbons (Fsp3) is 0.400. The Balaban J connectivity index is 0.000000591. The van der Waals surface area contributed by atoms with E-state index in [1.807, 2.05) is 12.1 Å². The molecule has 15 heteroatoms. The van der Waals surface area contributed by atoms with Crippen LogP contribution in [-0.2, 0) is 11.3 Å². The molecular formula is C30H32BrF3N8O3. The fourth-order valence-electron chi connectivity index (χ4n) is 4.98. The Hall–Kier alpha value is -4.13. The van der Waals surface area contributed by atoms with Gasteiger partial charge in [0, 0.05) is 50.7 Å². The molecule has 1 saturated carbocycles. The van der Waals surface area contributed by atoms with Crippen LogP contribution in [0.5, 0.6) is 0 Å². The SMILES string of the molecule is CN1CCN(Cc2ccc(-c3ccc(C(=O)NN(c4nc(C#N)ncc4Br)C4CCCC4)cn3)cc2)CC1.O=C(O)C(F)(F)F. The van der Waals surface area contributed by atoms with E-state index in [9.17, 15) is 23.2 Å². The Kier molecular flexibility index (Phi) is 11.4. The molecule has 2 N–H and O–H groups in total. The Morgan fingerprint density at radius 2 is 1.71 bits per heavy atom. The first-order chi connectivity index (χ1) is 21.4. The quantitative estimate of drug-likeness (QED) is 0.338. The van der Waals surface area contributed by atoms with Crippen LogP contribution in [0.15, 0.2) is 53.3 Å². The smallest absolute Gasteiger partial charge is 0.475 e. The average Bonchev–Trinajstić information content (AvgIpc) is 3.57. The molecule has 0 radical (unpaired) electrons. The number of carboxylic acids is 1. The number of alkyl halides is 3. The number of hydrogen-bond donors (Lipinski definition) is 2. The number of carbonyl (C=O) groups excluding carboxylic acids is 1. The summed E-state index contributed by atoms with van der Waals surface area (Å²) in [5, 5.41) is 18.2. The number of likely N-dealkylation sites (N-methyl/N-ethyl adjacent to an activating group) is 1. The van der Waals surface area contributed by atoms with Crippen molar-refractivity contribution in [2.24, 2.45) is 0 Å². The van der Waals surface area contributed by atoms with E-state index in [0.29, 0.717) is 15.9 Å². The normalized spacial score (nSPS) is 15.9. The van der Waals surface area contributed by atoms with Crippen molar-refractivity contribution < 1.29 is 27.9 Å². The van der Waals surface area contributed by atoms with Crippen molar-refractivity contribution in [3.8, 4) is 17.3 Å². The lowest BCUT2D eigenvalue weighted by atomic mass is 10.1. The van der Waals surface area contributed by atoms with Crippen LogP contribution in [0.25, 0.3) is 11.3 Å². The van der Waals surface area contributed by atoms with Crippen LogP contribution in [0.1, 0.15) is 47.4 Å². The number of hydrogen-bond acceptors (Lipinski definition) is 9. The maximum Gasteiger partial charge on any atom is 0.490 e. The number of nitrogens with one attached hydrogen (secondary N) is 1. The van der Waals surface area contributed by atoms with Gasteiger partial charge >= 0.3 is 12.1 Å². The first-order valence-corrected chi connectivity index (χ1v) is 15.0. The largest absolute Gasteiger partial charge is 0.490 e. The summed E-state index contributed by atoms with van der Waals surface area (Å²) in [6.45, 7) is 5.36. The Bertz CT molecular complexity index is 1500. The zero-order chi connectivity index (χ0) is 32.6. The third-order valence-corrected chi connectivity index (χ3v) is 8.04. The van der Waals surface area contributed by atoms with Crippen LogP contribution in [-0.4, -0.2) is 87.2 Å². The molecule has 1 aliphatic heterocycles. The van der Waals surface area contributed by atoms with Crippen LogP contribution in [0.4, 0.5) is 19.0 Å². The number of carbonyl (C=O) groups is 2. The van der Waals surface area contributed by atoms with Gasteiger partial charge in [-0.1, -0.05) is 37.1 Å². The van der Waals surface area contributed by atoms with Crippen molar-refractivity contribution in [2.75, 3.05) is 38.2 Å². The highest BCUT2D eigenvalue weighted by molar-refractivity contribution is 9.10. The molecule has 0 bridgehead atoms. The molecule has 2 fully saturated rings. The predicted octanol–water partition coefficient (Wildman–Crippen LogP) is 4.65.